The SMILES string of the molecule is O=C(COCc1ccccc1)N1CCN(c2nc(C3CCOCC3)nc3c2cnn3-c2ccccc2)CC1. The lowest BCUT2D eigenvalue weighted by molar-refractivity contribution is -0.136. The standard InChI is InChI=1S/C29H32N6O3/c36-26(21-38-20-22-7-3-1-4-8-22)33-13-15-34(16-14-33)28-25-19-30-35(24-9-5-2-6-10-24)29(25)32-27(31-28)23-11-17-37-18-12-23/h1-10,19,23H,11-18,20-21H2. The molecule has 1 amide bonds. The number of aromatic nitrogens is 4. The van der Waals surface area contributed by atoms with Crippen LogP contribution in [0.15, 0.2) is 66.9 Å². The number of anilines is 1. The molecular formula is C29H32N6O3. The van der Waals surface area contributed by atoms with Crippen LogP contribution in [0.4, 0.5) is 5.82 Å². The molecule has 38 heavy (non-hydrogen) atoms. The van der Waals surface area contributed by atoms with Crippen molar-refractivity contribution in [2.24, 2.45) is 0 Å². The first-order valence-corrected chi connectivity index (χ1v) is 13.3. The molecule has 0 bridgehead atoms. The maximum atomic E-state index is 12.8. The van der Waals surface area contributed by atoms with E-state index in [1.54, 1.807) is 0 Å². The van der Waals surface area contributed by atoms with Crippen LogP contribution in [0, 0.1) is 0 Å². The van der Waals surface area contributed by atoms with Crippen molar-refractivity contribution < 1.29 is 14.3 Å². The number of para-hydroxylation sites is 1. The van der Waals surface area contributed by atoms with Gasteiger partial charge in [0, 0.05) is 45.3 Å². The molecule has 2 aromatic carbocycles. The summed E-state index contributed by atoms with van der Waals surface area (Å²) in [5.41, 5.74) is 2.85. The molecule has 0 saturated carbocycles. The first-order valence-electron chi connectivity index (χ1n) is 13.3. The summed E-state index contributed by atoms with van der Waals surface area (Å²) in [6.45, 7) is 4.62. The predicted molar refractivity (Wildman–Crippen MR) is 144 cm³/mol. The Morgan fingerprint density at radius 1 is 0.921 bits per heavy atom. The summed E-state index contributed by atoms with van der Waals surface area (Å²) in [6, 6.07) is 20.0. The number of benzene rings is 2. The van der Waals surface area contributed by atoms with Gasteiger partial charge in [-0.2, -0.15) is 5.10 Å². The Morgan fingerprint density at radius 2 is 1.63 bits per heavy atom. The first kappa shape index (κ1) is 24.5. The Bertz CT molecular complexity index is 1360. The minimum Gasteiger partial charge on any atom is -0.381 e. The molecule has 2 aliphatic rings. The highest BCUT2D eigenvalue weighted by atomic mass is 16.5. The van der Waals surface area contributed by atoms with Crippen LogP contribution in [-0.4, -0.2) is 76.6 Å². The molecule has 0 unspecified atom stereocenters. The van der Waals surface area contributed by atoms with Gasteiger partial charge in [0.1, 0.15) is 18.2 Å². The van der Waals surface area contributed by atoms with Gasteiger partial charge in [-0.1, -0.05) is 48.5 Å². The summed E-state index contributed by atoms with van der Waals surface area (Å²) in [4.78, 5) is 27.0. The fourth-order valence-corrected chi connectivity index (χ4v) is 5.14. The van der Waals surface area contributed by atoms with Gasteiger partial charge in [-0.3, -0.25) is 4.79 Å². The van der Waals surface area contributed by atoms with Crippen molar-refractivity contribution in [1.82, 2.24) is 24.6 Å². The summed E-state index contributed by atoms with van der Waals surface area (Å²) in [7, 11) is 0. The number of carbonyl (C=O) groups excluding carboxylic acids is 1. The second-order valence-electron chi connectivity index (χ2n) is 9.77. The van der Waals surface area contributed by atoms with Crippen molar-refractivity contribution in [2.75, 3.05) is 50.9 Å². The van der Waals surface area contributed by atoms with Crippen LogP contribution in [0.2, 0.25) is 0 Å². The topological polar surface area (TPSA) is 85.6 Å². The van der Waals surface area contributed by atoms with Gasteiger partial charge in [0.05, 0.1) is 23.9 Å². The lowest BCUT2D eigenvalue weighted by atomic mass is 9.99. The normalized spacial score (nSPS) is 16.7. The highest BCUT2D eigenvalue weighted by Gasteiger charge is 2.27. The molecule has 4 aromatic rings. The molecule has 2 saturated heterocycles. The van der Waals surface area contributed by atoms with E-state index in [1.807, 2.05) is 76.4 Å². The minimum atomic E-state index is 0.0215. The van der Waals surface area contributed by atoms with Crippen molar-refractivity contribution in [1.29, 1.82) is 0 Å². The van der Waals surface area contributed by atoms with Gasteiger partial charge in [0.2, 0.25) is 5.91 Å². The average molecular weight is 513 g/mol. The Kier molecular flexibility index (Phi) is 7.28. The van der Waals surface area contributed by atoms with Gasteiger partial charge in [-0.25, -0.2) is 14.6 Å². The largest absolute Gasteiger partial charge is 0.381 e. The number of fused-ring (bicyclic) bond motifs is 1. The maximum absolute atomic E-state index is 12.8. The highest BCUT2D eigenvalue weighted by molar-refractivity contribution is 5.88. The Balaban J connectivity index is 1.19. The highest BCUT2D eigenvalue weighted by Crippen LogP contribution is 2.31. The monoisotopic (exact) mass is 512 g/mol. The summed E-state index contributed by atoms with van der Waals surface area (Å²) in [5, 5.41) is 5.62. The summed E-state index contributed by atoms with van der Waals surface area (Å²) >= 11 is 0. The molecule has 2 aromatic heterocycles. The molecule has 0 aliphatic carbocycles. The predicted octanol–water partition coefficient (Wildman–Crippen LogP) is 3.57. The number of ether oxygens (including phenoxy) is 2. The van der Waals surface area contributed by atoms with Crippen LogP contribution in [0.1, 0.15) is 30.1 Å². The smallest absolute Gasteiger partial charge is 0.248 e. The fraction of sp³-hybridized carbons (Fsp3) is 0.379. The van der Waals surface area contributed by atoms with Gasteiger partial charge in [0.25, 0.3) is 0 Å². The van der Waals surface area contributed by atoms with Crippen LogP contribution in [0.25, 0.3) is 16.7 Å². The van der Waals surface area contributed by atoms with Crippen LogP contribution in [0.5, 0.6) is 0 Å². The molecule has 0 spiro atoms. The van der Waals surface area contributed by atoms with Crippen LogP contribution in [0.3, 0.4) is 0 Å². The van der Waals surface area contributed by atoms with E-state index in [0.29, 0.717) is 32.8 Å². The van der Waals surface area contributed by atoms with E-state index in [4.69, 9.17) is 24.5 Å². The summed E-state index contributed by atoms with van der Waals surface area (Å²) in [6.07, 6.45) is 3.69. The Morgan fingerprint density at radius 3 is 2.37 bits per heavy atom. The van der Waals surface area contributed by atoms with Gasteiger partial charge >= 0.3 is 0 Å². The number of hydrogen-bond acceptors (Lipinski definition) is 7. The summed E-state index contributed by atoms with van der Waals surface area (Å²) in [5.74, 6) is 2.02. The zero-order chi connectivity index (χ0) is 25.7. The Labute approximate surface area is 222 Å². The van der Waals surface area contributed by atoms with Gasteiger partial charge < -0.3 is 19.3 Å². The van der Waals surface area contributed by atoms with Crippen molar-refractivity contribution in [3.63, 3.8) is 0 Å². The number of amides is 1. The molecule has 0 atom stereocenters. The fourth-order valence-electron chi connectivity index (χ4n) is 5.14. The quantitative estimate of drug-likeness (QED) is 0.374. The van der Waals surface area contributed by atoms with Crippen molar-refractivity contribution in [2.45, 2.75) is 25.4 Å². The van der Waals surface area contributed by atoms with Crippen molar-refractivity contribution >= 4 is 22.8 Å². The number of rotatable bonds is 7. The molecule has 0 N–H and O–H groups in total. The van der Waals surface area contributed by atoms with E-state index >= 15 is 0 Å². The number of carbonyl (C=O) groups is 1. The molecule has 9 nitrogen and oxygen atoms in total. The van der Waals surface area contributed by atoms with E-state index in [1.165, 1.54) is 0 Å². The molecule has 2 aliphatic heterocycles. The minimum absolute atomic E-state index is 0.0215. The number of hydrogen-bond donors (Lipinski definition) is 0. The number of nitrogens with zero attached hydrogens (tertiary/aromatic N) is 6. The molecule has 9 heteroatoms. The van der Waals surface area contributed by atoms with Gasteiger partial charge in [-0.05, 0) is 30.5 Å². The third kappa shape index (κ3) is 5.25. The zero-order valence-corrected chi connectivity index (χ0v) is 21.4. The van der Waals surface area contributed by atoms with Crippen molar-refractivity contribution in [3.8, 4) is 5.69 Å². The number of piperazine rings is 1. The third-order valence-electron chi connectivity index (χ3n) is 7.28. The second kappa shape index (κ2) is 11.3. The van der Waals surface area contributed by atoms with E-state index in [9.17, 15) is 4.79 Å². The average Bonchev–Trinajstić information content (AvgIpc) is 3.42. The second-order valence-corrected chi connectivity index (χ2v) is 9.77. The van der Waals surface area contributed by atoms with Crippen LogP contribution < -0.4 is 4.90 Å². The lowest BCUT2D eigenvalue weighted by Gasteiger charge is -2.36. The summed E-state index contributed by atoms with van der Waals surface area (Å²) < 4.78 is 13.2. The molecule has 0 radical (unpaired) electrons. The van der Waals surface area contributed by atoms with E-state index in [-0.39, 0.29) is 18.4 Å². The van der Waals surface area contributed by atoms with Crippen LogP contribution in [-0.2, 0) is 20.9 Å². The molecule has 6 rings (SSSR count). The first-order chi connectivity index (χ1) is 18.8. The van der Waals surface area contributed by atoms with E-state index < -0.39 is 0 Å². The van der Waals surface area contributed by atoms with Crippen LogP contribution >= 0.6 is 0 Å². The van der Waals surface area contributed by atoms with E-state index in [2.05, 4.69) is 4.90 Å². The molecule has 4 heterocycles. The molecule has 196 valence electrons. The van der Waals surface area contributed by atoms with Gasteiger partial charge in [0.15, 0.2) is 5.65 Å². The molecular weight excluding hydrogens is 480 g/mol. The lowest BCUT2D eigenvalue weighted by Crippen LogP contribution is -2.50. The Hall–Kier alpha value is -3.82. The van der Waals surface area contributed by atoms with E-state index in [0.717, 1.165) is 60.0 Å². The van der Waals surface area contributed by atoms with Gasteiger partial charge in [-0.15, -0.1) is 0 Å². The maximum Gasteiger partial charge on any atom is 0.248 e. The van der Waals surface area contributed by atoms with Crippen molar-refractivity contribution in [3.05, 3.63) is 78.2 Å². The zero-order valence-electron chi connectivity index (χ0n) is 21.4. The third-order valence-corrected chi connectivity index (χ3v) is 7.28. The molecule has 2 fully saturated rings.